The molecule has 0 spiro atoms. The van der Waals surface area contributed by atoms with E-state index in [0.29, 0.717) is 41.9 Å². The number of carbonyl (C=O) groups excluding carboxylic acids is 1. The Morgan fingerprint density at radius 1 is 1.31 bits per heavy atom. The van der Waals surface area contributed by atoms with Crippen LogP contribution in [0.4, 0.5) is 14.5 Å². The monoisotopic (exact) mass is 507 g/mol. The highest BCUT2D eigenvalue weighted by molar-refractivity contribution is 7.99. The number of alkyl halides is 2. The van der Waals surface area contributed by atoms with Crippen LogP contribution in [0.2, 0.25) is 0 Å². The highest BCUT2D eigenvalue weighted by atomic mass is 32.2. The summed E-state index contributed by atoms with van der Waals surface area (Å²) in [6.45, 7) is 0.572. The van der Waals surface area contributed by atoms with E-state index in [4.69, 9.17) is 10.1 Å². The number of carbonyl (C=O) groups is 1. The molecule has 2 aliphatic rings. The number of hydrogen-bond acceptors (Lipinski definition) is 9. The summed E-state index contributed by atoms with van der Waals surface area (Å²) in [4.78, 5) is 19.0. The first-order valence-corrected chi connectivity index (χ1v) is 12.5. The smallest absolute Gasteiger partial charge is 0.387 e. The summed E-state index contributed by atoms with van der Waals surface area (Å²) in [5, 5.41) is 15.1. The van der Waals surface area contributed by atoms with Crippen molar-refractivity contribution in [2.24, 2.45) is 0 Å². The number of aromatic nitrogens is 2. The quantitative estimate of drug-likeness (QED) is 0.363. The van der Waals surface area contributed by atoms with Gasteiger partial charge in [-0.3, -0.25) is 20.2 Å². The zero-order chi connectivity index (χ0) is 25.3. The Hall–Kier alpha value is -2.63. The van der Waals surface area contributed by atoms with Crippen LogP contribution in [0.1, 0.15) is 47.8 Å². The van der Waals surface area contributed by atoms with Crippen LogP contribution in [0, 0.1) is 5.41 Å². The van der Waals surface area contributed by atoms with E-state index in [1.54, 1.807) is 6.07 Å². The van der Waals surface area contributed by atoms with Gasteiger partial charge in [-0.25, -0.2) is 0 Å². The molecular weight excluding hydrogens is 476 g/mol. The van der Waals surface area contributed by atoms with Gasteiger partial charge < -0.3 is 20.1 Å². The Morgan fingerprint density at radius 3 is 2.69 bits per heavy atom. The molecule has 0 radical (unpaired) electrons. The molecule has 190 valence electrons. The van der Waals surface area contributed by atoms with E-state index < -0.39 is 6.61 Å². The molecule has 0 aliphatic carbocycles. The van der Waals surface area contributed by atoms with Gasteiger partial charge in [0.15, 0.2) is 6.29 Å². The number of nitrogens with zero attached hydrogens (tertiary/aromatic N) is 2. The summed E-state index contributed by atoms with van der Waals surface area (Å²) in [6.07, 6.45) is 7.49. The van der Waals surface area contributed by atoms with Crippen LogP contribution >= 0.6 is 11.8 Å². The third kappa shape index (κ3) is 7.94. The molecule has 2 aliphatic heterocycles. The largest absolute Gasteiger partial charge is 0.433 e. The summed E-state index contributed by atoms with van der Waals surface area (Å²) in [7, 11) is 2.05. The summed E-state index contributed by atoms with van der Waals surface area (Å²) in [5.41, 5.74) is 2.01. The Labute approximate surface area is 208 Å². The molecule has 2 aromatic rings. The molecule has 0 amide bonds. The summed E-state index contributed by atoms with van der Waals surface area (Å²) in [5.74, 6) is 2.48. The van der Waals surface area contributed by atoms with Crippen LogP contribution in [0.15, 0.2) is 30.7 Å². The van der Waals surface area contributed by atoms with E-state index in [1.165, 1.54) is 36.4 Å². The average molecular weight is 508 g/mol. The number of rotatable bonds is 8. The Kier molecular flexibility index (Phi) is 9.93. The molecule has 11 heteroatoms. The van der Waals surface area contributed by atoms with Crippen LogP contribution in [-0.2, 0) is 4.74 Å². The minimum absolute atomic E-state index is 0.0294. The Balaban J connectivity index is 0.000000363. The van der Waals surface area contributed by atoms with Crippen molar-refractivity contribution in [3.8, 4) is 5.75 Å². The third-order valence-corrected chi connectivity index (χ3v) is 7.28. The maximum Gasteiger partial charge on any atom is 0.387 e. The number of hydrogen-bond donors (Lipinski definition) is 3. The Bertz CT molecular complexity index is 999. The molecule has 2 saturated heterocycles. The van der Waals surface area contributed by atoms with Crippen molar-refractivity contribution in [3.63, 3.8) is 0 Å². The lowest BCUT2D eigenvalue weighted by Crippen LogP contribution is -2.39. The first-order valence-electron chi connectivity index (χ1n) is 11.4. The number of nitrogens with one attached hydrogen (secondary N) is 3. The number of ether oxygens (including phenoxy) is 2. The van der Waals surface area contributed by atoms with Gasteiger partial charge in [-0.1, -0.05) is 0 Å². The van der Waals surface area contributed by atoms with Crippen molar-refractivity contribution in [3.05, 3.63) is 47.5 Å². The molecule has 1 unspecified atom stereocenters. The number of thioether (sulfide) groups is 1. The number of halogens is 2. The van der Waals surface area contributed by atoms with Crippen LogP contribution in [0.25, 0.3) is 0 Å². The standard InChI is InChI=1S/C18H18F2N4O3.C6H13NS/c19-18(20)27-14-5-11(7-22-8-14)17(21)15-9-23-13(10-25)6-16(15)24-12-1-3-26-4-2-12;1-6(7-2)3-4-8-5-6/h5-10,12,18,21H,1-4H2,(H,23,24);7H,3-5H2,1-2H3. The van der Waals surface area contributed by atoms with Gasteiger partial charge in [0.2, 0.25) is 0 Å². The zero-order valence-electron chi connectivity index (χ0n) is 19.9. The van der Waals surface area contributed by atoms with Crippen molar-refractivity contribution >= 4 is 29.4 Å². The molecule has 0 aromatic carbocycles. The molecule has 0 bridgehead atoms. The van der Waals surface area contributed by atoms with Gasteiger partial charge in [0.05, 0.1) is 11.9 Å². The number of aldehydes is 1. The second-order valence-electron chi connectivity index (χ2n) is 8.58. The van der Waals surface area contributed by atoms with E-state index in [1.807, 2.05) is 18.8 Å². The second-order valence-corrected chi connectivity index (χ2v) is 9.68. The third-order valence-electron chi connectivity index (χ3n) is 5.95. The summed E-state index contributed by atoms with van der Waals surface area (Å²) >= 11 is 2.04. The molecule has 3 N–H and O–H groups in total. The van der Waals surface area contributed by atoms with E-state index in [9.17, 15) is 13.6 Å². The van der Waals surface area contributed by atoms with Gasteiger partial charge in [0.25, 0.3) is 0 Å². The van der Waals surface area contributed by atoms with Gasteiger partial charge in [0.1, 0.15) is 11.4 Å². The maximum absolute atomic E-state index is 12.4. The lowest BCUT2D eigenvalue weighted by molar-refractivity contribution is -0.0500. The molecule has 0 saturated carbocycles. The summed E-state index contributed by atoms with van der Waals surface area (Å²) in [6, 6.07) is 3.02. The van der Waals surface area contributed by atoms with E-state index >= 15 is 0 Å². The molecule has 35 heavy (non-hydrogen) atoms. The SMILES string of the molecule is CNC1(C)CCSC1.N=C(c1cncc(OC(F)F)c1)c1cnc(C=O)cc1NC1CCOCC1. The second kappa shape index (κ2) is 12.9. The first kappa shape index (κ1) is 27.0. The average Bonchev–Trinajstić information content (AvgIpc) is 3.31. The minimum Gasteiger partial charge on any atom is -0.433 e. The Morgan fingerprint density at radius 2 is 2.09 bits per heavy atom. The van der Waals surface area contributed by atoms with Crippen molar-refractivity contribution < 1.29 is 23.0 Å². The minimum atomic E-state index is -2.98. The molecule has 4 heterocycles. The van der Waals surface area contributed by atoms with E-state index in [0.717, 1.165) is 19.0 Å². The van der Waals surface area contributed by atoms with Gasteiger partial charge in [-0.15, -0.1) is 0 Å². The van der Waals surface area contributed by atoms with E-state index in [-0.39, 0.29) is 23.2 Å². The summed E-state index contributed by atoms with van der Waals surface area (Å²) < 4.78 is 34.5. The molecule has 1 atom stereocenters. The predicted molar refractivity (Wildman–Crippen MR) is 133 cm³/mol. The van der Waals surface area contributed by atoms with Gasteiger partial charge in [-0.05, 0) is 51.1 Å². The fourth-order valence-electron chi connectivity index (χ4n) is 3.66. The predicted octanol–water partition coefficient (Wildman–Crippen LogP) is 4.00. The van der Waals surface area contributed by atoms with Crippen molar-refractivity contribution in [2.75, 3.05) is 37.1 Å². The first-order chi connectivity index (χ1) is 16.8. The zero-order valence-corrected chi connectivity index (χ0v) is 20.7. The van der Waals surface area contributed by atoms with Gasteiger partial charge in [-0.2, -0.15) is 20.5 Å². The van der Waals surface area contributed by atoms with Crippen molar-refractivity contribution in [2.45, 2.75) is 44.4 Å². The maximum atomic E-state index is 12.4. The molecular formula is C24H31F2N5O3S. The molecule has 8 nitrogen and oxygen atoms in total. The lowest BCUT2D eigenvalue weighted by atomic mass is 10.0. The molecule has 4 rings (SSSR count). The highest BCUT2D eigenvalue weighted by Gasteiger charge is 2.26. The van der Waals surface area contributed by atoms with Crippen LogP contribution in [0.5, 0.6) is 5.75 Å². The topological polar surface area (TPSA) is 109 Å². The molecule has 2 fully saturated rings. The lowest BCUT2D eigenvalue weighted by Gasteiger charge is -2.25. The number of pyridine rings is 2. The fourth-order valence-corrected chi connectivity index (χ4v) is 5.14. The van der Waals surface area contributed by atoms with Gasteiger partial charge >= 0.3 is 6.61 Å². The molecule has 2 aromatic heterocycles. The van der Waals surface area contributed by atoms with Crippen molar-refractivity contribution in [1.29, 1.82) is 5.41 Å². The normalized spacial score (nSPS) is 20.1. The van der Waals surface area contributed by atoms with Crippen molar-refractivity contribution in [1.82, 2.24) is 15.3 Å². The van der Waals surface area contributed by atoms with Crippen LogP contribution in [-0.4, -0.2) is 71.9 Å². The highest BCUT2D eigenvalue weighted by Crippen LogP contribution is 2.26. The van der Waals surface area contributed by atoms with Crippen LogP contribution < -0.4 is 15.4 Å². The van der Waals surface area contributed by atoms with Gasteiger partial charge in [0, 0.05) is 59.8 Å². The fraction of sp³-hybridized carbons (Fsp3) is 0.500. The van der Waals surface area contributed by atoms with Crippen LogP contribution in [0.3, 0.4) is 0 Å². The number of anilines is 1. The van der Waals surface area contributed by atoms with E-state index in [2.05, 4.69) is 32.3 Å².